The molecule has 5 heteroatoms. The van der Waals surface area contributed by atoms with Gasteiger partial charge in [0, 0.05) is 23.8 Å². The molecule has 0 radical (unpaired) electrons. The third-order valence-electron chi connectivity index (χ3n) is 3.23. The lowest BCUT2D eigenvalue weighted by atomic mass is 10.1. The zero-order valence-corrected chi connectivity index (χ0v) is 13.4. The zero-order chi connectivity index (χ0) is 15.5. The van der Waals surface area contributed by atoms with Crippen LogP contribution in [0.5, 0.6) is 0 Å². The molecule has 0 N–H and O–H groups in total. The molecule has 0 aliphatic rings. The van der Waals surface area contributed by atoms with Gasteiger partial charge in [-0.05, 0) is 24.3 Å². The molecular weight excluding hydrogens is 317 g/mol. The van der Waals surface area contributed by atoms with E-state index in [0.29, 0.717) is 10.2 Å². The molecule has 22 heavy (non-hydrogen) atoms. The third-order valence-corrected chi connectivity index (χ3v) is 3.93. The average molecular weight is 330 g/mol. The first-order chi connectivity index (χ1) is 10.6. The Morgan fingerprint density at radius 3 is 2.36 bits per heavy atom. The average Bonchev–Trinajstić information content (AvgIpc) is 2.83. The molecule has 1 heterocycles. The smallest absolute Gasteiger partial charge is 0.136 e. The Morgan fingerprint density at radius 1 is 1.00 bits per heavy atom. The number of hydrogen-bond acceptors (Lipinski definition) is 2. The van der Waals surface area contributed by atoms with E-state index in [0.717, 1.165) is 22.5 Å². The standard InChI is InChI=1S/C17H13Cl2N3/c1-22-17(19)15(11-20-14-9-7-13(18)8-10-14)16(21-22)12-5-3-2-4-6-12/h2-11H,1H3. The van der Waals surface area contributed by atoms with Crippen molar-refractivity contribution < 1.29 is 0 Å². The van der Waals surface area contributed by atoms with Crippen LogP contribution in [-0.2, 0) is 7.05 Å². The van der Waals surface area contributed by atoms with Gasteiger partial charge in [-0.3, -0.25) is 9.67 Å². The highest BCUT2D eigenvalue weighted by Gasteiger charge is 2.14. The summed E-state index contributed by atoms with van der Waals surface area (Å²) in [6.45, 7) is 0. The van der Waals surface area contributed by atoms with E-state index in [1.165, 1.54) is 0 Å². The van der Waals surface area contributed by atoms with Gasteiger partial charge in [0.2, 0.25) is 0 Å². The van der Waals surface area contributed by atoms with Crippen LogP contribution in [0.4, 0.5) is 5.69 Å². The summed E-state index contributed by atoms with van der Waals surface area (Å²) in [6.07, 6.45) is 1.74. The van der Waals surface area contributed by atoms with Crippen molar-refractivity contribution in [1.29, 1.82) is 0 Å². The van der Waals surface area contributed by atoms with E-state index in [1.807, 2.05) is 49.5 Å². The number of aliphatic imine (C=N–C) groups is 1. The number of hydrogen-bond donors (Lipinski definition) is 0. The summed E-state index contributed by atoms with van der Waals surface area (Å²) < 4.78 is 1.65. The molecular formula is C17H13Cl2N3. The van der Waals surface area contributed by atoms with Crippen molar-refractivity contribution in [1.82, 2.24) is 9.78 Å². The summed E-state index contributed by atoms with van der Waals surface area (Å²) in [6, 6.07) is 17.2. The quantitative estimate of drug-likeness (QED) is 0.611. The molecule has 0 bridgehead atoms. The lowest BCUT2D eigenvalue weighted by molar-refractivity contribution is 0.772. The maximum absolute atomic E-state index is 6.34. The largest absolute Gasteiger partial charge is 0.256 e. The van der Waals surface area contributed by atoms with Crippen LogP contribution in [0.2, 0.25) is 10.2 Å². The number of halogens is 2. The van der Waals surface area contributed by atoms with Crippen molar-refractivity contribution in [3.8, 4) is 11.3 Å². The van der Waals surface area contributed by atoms with Crippen LogP contribution in [0, 0.1) is 0 Å². The minimum atomic E-state index is 0.552. The van der Waals surface area contributed by atoms with Crippen molar-refractivity contribution in [2.24, 2.45) is 12.0 Å². The zero-order valence-electron chi connectivity index (χ0n) is 11.9. The minimum absolute atomic E-state index is 0.552. The van der Waals surface area contributed by atoms with Crippen molar-refractivity contribution in [3.63, 3.8) is 0 Å². The van der Waals surface area contributed by atoms with Gasteiger partial charge in [0.25, 0.3) is 0 Å². The van der Waals surface area contributed by atoms with Crippen molar-refractivity contribution in [2.45, 2.75) is 0 Å². The molecule has 3 rings (SSSR count). The molecule has 0 aliphatic carbocycles. The number of aryl methyl sites for hydroxylation is 1. The summed E-state index contributed by atoms with van der Waals surface area (Å²) in [5.74, 6) is 0. The third kappa shape index (κ3) is 3.06. The van der Waals surface area contributed by atoms with Crippen LogP contribution >= 0.6 is 23.2 Å². The molecule has 1 aromatic heterocycles. The van der Waals surface area contributed by atoms with Crippen molar-refractivity contribution in [2.75, 3.05) is 0 Å². The van der Waals surface area contributed by atoms with Gasteiger partial charge in [-0.15, -0.1) is 0 Å². The molecule has 0 unspecified atom stereocenters. The summed E-state index contributed by atoms with van der Waals surface area (Å²) in [4.78, 5) is 4.46. The Hall–Kier alpha value is -2.10. The topological polar surface area (TPSA) is 30.2 Å². The molecule has 0 fully saturated rings. The maximum atomic E-state index is 6.34. The van der Waals surface area contributed by atoms with Gasteiger partial charge in [0.1, 0.15) is 10.8 Å². The molecule has 0 saturated carbocycles. The summed E-state index contributed by atoms with van der Waals surface area (Å²) in [5.41, 5.74) is 3.42. The van der Waals surface area contributed by atoms with Gasteiger partial charge in [-0.2, -0.15) is 5.10 Å². The molecule has 0 amide bonds. The van der Waals surface area contributed by atoms with Crippen LogP contribution in [0.15, 0.2) is 59.6 Å². The van der Waals surface area contributed by atoms with Crippen molar-refractivity contribution in [3.05, 3.63) is 70.3 Å². The number of benzene rings is 2. The Bertz CT molecular complexity index is 806. The molecule has 0 spiro atoms. The first-order valence-electron chi connectivity index (χ1n) is 6.72. The fraction of sp³-hybridized carbons (Fsp3) is 0.0588. The predicted octanol–water partition coefficient (Wildman–Crippen LogP) is 5.14. The normalized spacial score (nSPS) is 11.2. The molecule has 3 aromatic rings. The van der Waals surface area contributed by atoms with Gasteiger partial charge in [-0.1, -0.05) is 53.5 Å². The molecule has 2 aromatic carbocycles. The Kier molecular flexibility index (Phi) is 4.27. The highest BCUT2D eigenvalue weighted by Crippen LogP contribution is 2.27. The molecule has 0 saturated heterocycles. The second-order valence-corrected chi connectivity index (χ2v) is 5.57. The van der Waals surface area contributed by atoms with Crippen LogP contribution in [-0.4, -0.2) is 16.0 Å². The van der Waals surface area contributed by atoms with Crippen LogP contribution in [0.3, 0.4) is 0 Å². The lowest BCUT2D eigenvalue weighted by Gasteiger charge is -1.98. The van der Waals surface area contributed by atoms with Gasteiger partial charge in [0.05, 0.1) is 11.3 Å². The number of nitrogens with zero attached hydrogens (tertiary/aromatic N) is 3. The van der Waals surface area contributed by atoms with E-state index >= 15 is 0 Å². The first kappa shape index (κ1) is 14.8. The van der Waals surface area contributed by atoms with E-state index in [2.05, 4.69) is 10.1 Å². The van der Waals surface area contributed by atoms with E-state index in [-0.39, 0.29) is 0 Å². The SMILES string of the molecule is Cn1nc(-c2ccccc2)c(C=Nc2ccc(Cl)cc2)c1Cl. The van der Waals surface area contributed by atoms with Crippen LogP contribution < -0.4 is 0 Å². The minimum Gasteiger partial charge on any atom is -0.256 e. The Balaban J connectivity index is 2.01. The van der Waals surface area contributed by atoms with Crippen molar-refractivity contribution >= 4 is 35.1 Å². The summed E-state index contributed by atoms with van der Waals surface area (Å²) in [5, 5.41) is 5.72. The highest BCUT2D eigenvalue weighted by atomic mass is 35.5. The number of aromatic nitrogens is 2. The van der Waals surface area contributed by atoms with Crippen LogP contribution in [0.1, 0.15) is 5.56 Å². The summed E-state index contributed by atoms with van der Waals surface area (Å²) in [7, 11) is 1.81. The first-order valence-corrected chi connectivity index (χ1v) is 7.48. The van der Waals surface area contributed by atoms with Gasteiger partial charge >= 0.3 is 0 Å². The Labute approximate surface area is 138 Å². The number of rotatable bonds is 3. The fourth-order valence-corrected chi connectivity index (χ4v) is 2.41. The van der Waals surface area contributed by atoms with E-state index < -0.39 is 0 Å². The molecule has 0 atom stereocenters. The second kappa shape index (κ2) is 6.34. The van der Waals surface area contributed by atoms with E-state index in [1.54, 1.807) is 23.0 Å². The maximum Gasteiger partial charge on any atom is 0.136 e. The second-order valence-electron chi connectivity index (χ2n) is 4.78. The van der Waals surface area contributed by atoms with Gasteiger partial charge < -0.3 is 0 Å². The predicted molar refractivity (Wildman–Crippen MR) is 92.4 cm³/mol. The molecule has 0 aliphatic heterocycles. The molecule has 110 valence electrons. The fourth-order valence-electron chi connectivity index (χ4n) is 2.11. The summed E-state index contributed by atoms with van der Waals surface area (Å²) >= 11 is 12.2. The monoisotopic (exact) mass is 329 g/mol. The molecule has 3 nitrogen and oxygen atoms in total. The Morgan fingerprint density at radius 2 is 1.68 bits per heavy atom. The van der Waals surface area contributed by atoms with Gasteiger partial charge in [0.15, 0.2) is 0 Å². The van der Waals surface area contributed by atoms with Gasteiger partial charge in [-0.25, -0.2) is 0 Å². The van der Waals surface area contributed by atoms with E-state index in [9.17, 15) is 0 Å². The van der Waals surface area contributed by atoms with Crippen LogP contribution in [0.25, 0.3) is 11.3 Å². The van der Waals surface area contributed by atoms with E-state index in [4.69, 9.17) is 23.2 Å². The lowest BCUT2D eigenvalue weighted by Crippen LogP contribution is -1.89. The highest BCUT2D eigenvalue weighted by molar-refractivity contribution is 6.32.